The largest absolute Gasteiger partial charge is 0.431 e. The summed E-state index contributed by atoms with van der Waals surface area (Å²) in [6.45, 7) is 1.47. The van der Waals surface area contributed by atoms with Crippen LogP contribution < -0.4 is 4.74 Å². The Morgan fingerprint density at radius 1 is 1.37 bits per heavy atom. The second-order valence-corrected chi connectivity index (χ2v) is 3.91. The van der Waals surface area contributed by atoms with Crippen LogP contribution in [0.1, 0.15) is 11.1 Å². The van der Waals surface area contributed by atoms with Gasteiger partial charge in [0, 0.05) is 17.8 Å². The molecule has 0 saturated heterocycles. The van der Waals surface area contributed by atoms with Crippen molar-refractivity contribution in [2.75, 3.05) is 0 Å². The zero-order chi connectivity index (χ0) is 13.8. The molecule has 0 amide bonds. The Morgan fingerprint density at radius 2 is 2.16 bits per heavy atom. The molecule has 0 aliphatic heterocycles. The number of pyridine rings is 1. The lowest BCUT2D eigenvalue weighted by Crippen LogP contribution is -1.99. The lowest BCUT2D eigenvalue weighted by molar-refractivity contribution is -0.385. The lowest BCUT2D eigenvalue weighted by Gasteiger charge is -2.10. The third kappa shape index (κ3) is 2.69. The Balaban J connectivity index is 2.46. The first-order valence-electron chi connectivity index (χ1n) is 5.60. The van der Waals surface area contributed by atoms with Crippen LogP contribution in [-0.4, -0.2) is 15.0 Å². The summed E-state index contributed by atoms with van der Waals surface area (Å²) in [7, 11) is 0. The van der Waals surface area contributed by atoms with Crippen molar-refractivity contribution < 1.29 is 14.8 Å². The van der Waals surface area contributed by atoms with Gasteiger partial charge in [-0.2, -0.15) is 0 Å². The standard InChI is InChI=1S/C13H12N2O4/c1-9-4-2-6-11(15(17)18)12(9)19-13-10(8-16)5-3-7-14-13/h2-7,16H,8H2,1H3. The maximum absolute atomic E-state index is 11.0. The van der Waals surface area contributed by atoms with Crippen LogP contribution in [0.3, 0.4) is 0 Å². The quantitative estimate of drug-likeness (QED) is 0.674. The van der Waals surface area contributed by atoms with Crippen molar-refractivity contribution in [3.05, 3.63) is 57.8 Å². The molecule has 6 heteroatoms. The average molecular weight is 260 g/mol. The van der Waals surface area contributed by atoms with Crippen LogP contribution in [0.5, 0.6) is 11.6 Å². The van der Waals surface area contributed by atoms with Gasteiger partial charge in [-0.25, -0.2) is 4.98 Å². The molecule has 0 saturated carbocycles. The van der Waals surface area contributed by atoms with Gasteiger partial charge in [-0.05, 0) is 24.6 Å². The molecule has 98 valence electrons. The second kappa shape index (κ2) is 5.45. The maximum Gasteiger partial charge on any atom is 0.311 e. The molecule has 0 atom stereocenters. The minimum atomic E-state index is -0.510. The molecule has 19 heavy (non-hydrogen) atoms. The number of hydrogen-bond donors (Lipinski definition) is 1. The molecule has 0 bridgehead atoms. The van der Waals surface area contributed by atoms with Gasteiger partial charge < -0.3 is 9.84 Å². The van der Waals surface area contributed by atoms with Gasteiger partial charge in [0.05, 0.1) is 11.5 Å². The molecule has 0 aliphatic carbocycles. The minimum absolute atomic E-state index is 0.130. The van der Waals surface area contributed by atoms with E-state index in [4.69, 9.17) is 4.74 Å². The molecule has 6 nitrogen and oxygen atoms in total. The third-order valence-electron chi connectivity index (χ3n) is 2.61. The molecule has 0 fully saturated rings. The van der Waals surface area contributed by atoms with Crippen LogP contribution in [0.4, 0.5) is 5.69 Å². The first kappa shape index (κ1) is 13.0. The van der Waals surface area contributed by atoms with Gasteiger partial charge in [-0.15, -0.1) is 0 Å². The predicted octanol–water partition coefficient (Wildman–Crippen LogP) is 2.58. The Hall–Kier alpha value is -2.47. The molecule has 1 N–H and O–H groups in total. The topological polar surface area (TPSA) is 85.5 Å². The fourth-order valence-corrected chi connectivity index (χ4v) is 1.65. The number of benzene rings is 1. The number of para-hydroxylation sites is 1. The molecule has 2 aromatic rings. The Bertz CT molecular complexity index is 613. The molecule has 0 spiro atoms. The van der Waals surface area contributed by atoms with E-state index in [2.05, 4.69) is 4.98 Å². The molecule has 0 radical (unpaired) electrons. The van der Waals surface area contributed by atoms with E-state index < -0.39 is 4.92 Å². The fraction of sp³-hybridized carbons (Fsp3) is 0.154. The fourth-order valence-electron chi connectivity index (χ4n) is 1.65. The van der Waals surface area contributed by atoms with Crippen molar-refractivity contribution in [2.24, 2.45) is 0 Å². The van der Waals surface area contributed by atoms with Gasteiger partial charge in [-0.1, -0.05) is 12.1 Å². The molecular formula is C13H12N2O4. The van der Waals surface area contributed by atoms with Crippen molar-refractivity contribution in [2.45, 2.75) is 13.5 Å². The van der Waals surface area contributed by atoms with Crippen LogP contribution in [0.25, 0.3) is 0 Å². The van der Waals surface area contributed by atoms with Crippen LogP contribution >= 0.6 is 0 Å². The van der Waals surface area contributed by atoms with E-state index in [1.54, 1.807) is 31.2 Å². The van der Waals surface area contributed by atoms with Crippen molar-refractivity contribution in [3.8, 4) is 11.6 Å². The summed E-state index contributed by atoms with van der Waals surface area (Å²) in [6.07, 6.45) is 1.50. The molecular weight excluding hydrogens is 248 g/mol. The average Bonchev–Trinajstić information content (AvgIpc) is 2.41. The van der Waals surface area contributed by atoms with E-state index in [0.717, 1.165) is 0 Å². The van der Waals surface area contributed by atoms with Gasteiger partial charge in [0.2, 0.25) is 11.6 Å². The number of aromatic nitrogens is 1. The normalized spacial score (nSPS) is 10.2. The van der Waals surface area contributed by atoms with Gasteiger partial charge in [0.1, 0.15) is 0 Å². The highest BCUT2D eigenvalue weighted by molar-refractivity contribution is 5.53. The van der Waals surface area contributed by atoms with Crippen LogP contribution in [0.15, 0.2) is 36.5 Å². The Labute approximate surface area is 109 Å². The van der Waals surface area contributed by atoms with E-state index in [0.29, 0.717) is 11.1 Å². The second-order valence-electron chi connectivity index (χ2n) is 3.91. The number of aliphatic hydroxyl groups is 1. The summed E-state index contributed by atoms with van der Waals surface area (Å²) in [5.74, 6) is 0.309. The van der Waals surface area contributed by atoms with Crippen LogP contribution in [0.2, 0.25) is 0 Å². The smallest absolute Gasteiger partial charge is 0.311 e. The van der Waals surface area contributed by atoms with E-state index >= 15 is 0 Å². The Kier molecular flexibility index (Phi) is 3.72. The maximum atomic E-state index is 11.0. The molecule has 0 unspecified atom stereocenters. The number of hydrogen-bond acceptors (Lipinski definition) is 5. The van der Waals surface area contributed by atoms with Gasteiger partial charge >= 0.3 is 5.69 Å². The van der Waals surface area contributed by atoms with Crippen LogP contribution in [0, 0.1) is 17.0 Å². The predicted molar refractivity (Wildman–Crippen MR) is 68.1 cm³/mol. The molecule has 1 heterocycles. The summed E-state index contributed by atoms with van der Waals surface area (Å²) in [5, 5.41) is 20.2. The molecule has 0 aliphatic rings. The molecule has 1 aromatic carbocycles. The molecule has 2 rings (SSSR count). The highest BCUT2D eigenvalue weighted by Gasteiger charge is 2.19. The van der Waals surface area contributed by atoms with E-state index in [1.807, 2.05) is 0 Å². The summed E-state index contributed by atoms with van der Waals surface area (Å²) in [6, 6.07) is 7.97. The summed E-state index contributed by atoms with van der Waals surface area (Å²) >= 11 is 0. The van der Waals surface area contributed by atoms with Crippen molar-refractivity contribution >= 4 is 5.69 Å². The number of ether oxygens (including phenoxy) is 1. The van der Waals surface area contributed by atoms with E-state index in [9.17, 15) is 15.2 Å². The van der Waals surface area contributed by atoms with Crippen molar-refractivity contribution in [1.29, 1.82) is 0 Å². The summed E-state index contributed by atoms with van der Waals surface area (Å²) in [5.41, 5.74) is 0.971. The Morgan fingerprint density at radius 3 is 2.84 bits per heavy atom. The van der Waals surface area contributed by atoms with Crippen molar-refractivity contribution in [3.63, 3.8) is 0 Å². The minimum Gasteiger partial charge on any atom is -0.431 e. The number of nitrogens with zero attached hydrogens (tertiary/aromatic N) is 2. The number of rotatable bonds is 4. The third-order valence-corrected chi connectivity index (χ3v) is 2.61. The van der Waals surface area contributed by atoms with Gasteiger partial charge in [0.25, 0.3) is 0 Å². The van der Waals surface area contributed by atoms with Crippen LogP contribution in [-0.2, 0) is 6.61 Å². The van der Waals surface area contributed by atoms with Gasteiger partial charge in [0.15, 0.2) is 0 Å². The summed E-state index contributed by atoms with van der Waals surface area (Å²) in [4.78, 5) is 14.4. The molecule has 1 aromatic heterocycles. The zero-order valence-corrected chi connectivity index (χ0v) is 10.2. The number of aliphatic hydroxyl groups excluding tert-OH is 1. The summed E-state index contributed by atoms with van der Waals surface area (Å²) < 4.78 is 5.51. The SMILES string of the molecule is Cc1cccc([N+](=O)[O-])c1Oc1ncccc1CO. The number of nitro groups is 1. The first-order chi connectivity index (χ1) is 9.13. The first-order valence-corrected chi connectivity index (χ1v) is 5.60. The lowest BCUT2D eigenvalue weighted by atomic mass is 10.2. The number of nitro benzene ring substituents is 1. The van der Waals surface area contributed by atoms with E-state index in [-0.39, 0.29) is 23.9 Å². The van der Waals surface area contributed by atoms with Gasteiger partial charge in [-0.3, -0.25) is 10.1 Å². The highest BCUT2D eigenvalue weighted by Crippen LogP contribution is 2.34. The number of aryl methyl sites for hydroxylation is 1. The van der Waals surface area contributed by atoms with Crippen molar-refractivity contribution in [1.82, 2.24) is 4.98 Å². The van der Waals surface area contributed by atoms with E-state index in [1.165, 1.54) is 12.3 Å². The monoisotopic (exact) mass is 260 g/mol. The highest BCUT2D eigenvalue weighted by atomic mass is 16.6. The zero-order valence-electron chi connectivity index (χ0n) is 10.2.